The summed E-state index contributed by atoms with van der Waals surface area (Å²) in [6, 6.07) is 8.33. The van der Waals surface area contributed by atoms with E-state index in [4.69, 9.17) is 4.74 Å². The lowest BCUT2D eigenvalue weighted by Crippen LogP contribution is -2.55. The molecule has 24 heavy (non-hydrogen) atoms. The normalized spacial score (nSPS) is 27.4. The lowest BCUT2D eigenvalue weighted by atomic mass is 9.82. The number of rotatable bonds is 1. The molecule has 2 bridgehead atoms. The number of hydrogen-bond acceptors (Lipinski definition) is 3. The molecule has 1 aliphatic carbocycles. The number of hydrogen-bond donors (Lipinski definition) is 1. The zero-order valence-electron chi connectivity index (χ0n) is 14.6. The molecule has 3 heteroatoms. The zero-order valence-corrected chi connectivity index (χ0v) is 14.6. The highest BCUT2D eigenvalue weighted by molar-refractivity contribution is 5.93. The molecule has 0 radical (unpaired) electrons. The number of Topliss-reactive ketones (excluding diaryl/α,β-unsaturated/α-hetero) is 1. The predicted molar refractivity (Wildman–Crippen MR) is 96.5 cm³/mol. The van der Waals surface area contributed by atoms with E-state index in [1.807, 2.05) is 45.1 Å². The van der Waals surface area contributed by atoms with Gasteiger partial charge in [-0.25, -0.2) is 0 Å². The molecule has 3 nitrogen and oxygen atoms in total. The van der Waals surface area contributed by atoms with Gasteiger partial charge in [0.1, 0.15) is 17.4 Å². The fraction of sp³-hybridized carbons (Fsp3) is 0.381. The van der Waals surface area contributed by atoms with Crippen LogP contribution in [0.2, 0.25) is 0 Å². The minimum absolute atomic E-state index is 0.157. The molecule has 0 saturated carbocycles. The molecule has 0 fully saturated rings. The largest absolute Gasteiger partial charge is 0.483 e. The Morgan fingerprint density at radius 2 is 1.88 bits per heavy atom. The number of carbonyl (C=O) groups is 1. The Morgan fingerprint density at radius 1 is 1.25 bits per heavy atom. The summed E-state index contributed by atoms with van der Waals surface area (Å²) < 4.78 is 5.88. The molecule has 2 aliphatic heterocycles. The topological polar surface area (TPSA) is 38.3 Å². The van der Waals surface area contributed by atoms with Crippen LogP contribution in [0.3, 0.4) is 0 Å². The van der Waals surface area contributed by atoms with Crippen LogP contribution in [-0.2, 0) is 22.4 Å². The summed E-state index contributed by atoms with van der Waals surface area (Å²) in [6.07, 6.45) is 6.93. The quantitative estimate of drug-likeness (QED) is 0.856. The standard InChI is InChI=1S/C19H19NO2.C2H6/c1-3-6-16-15-9-17(22-16)12(2)18(21)19(20-15)10-13-7-4-5-8-14(13)11-19;1-2/h3-9,12,17,20H,1,10-11H2,2H3;1-2H3/b16-6+;. The molecule has 126 valence electrons. The van der Waals surface area contributed by atoms with E-state index < -0.39 is 5.54 Å². The maximum atomic E-state index is 13.1. The first-order chi connectivity index (χ1) is 11.6. The van der Waals surface area contributed by atoms with Crippen LogP contribution in [0, 0.1) is 5.92 Å². The van der Waals surface area contributed by atoms with Crippen LogP contribution >= 0.6 is 0 Å². The van der Waals surface area contributed by atoms with Crippen molar-refractivity contribution in [2.24, 2.45) is 5.92 Å². The first kappa shape index (κ1) is 16.6. The van der Waals surface area contributed by atoms with Gasteiger partial charge < -0.3 is 10.1 Å². The smallest absolute Gasteiger partial charge is 0.165 e. The van der Waals surface area contributed by atoms with E-state index in [9.17, 15) is 4.79 Å². The van der Waals surface area contributed by atoms with Crippen molar-refractivity contribution in [3.05, 3.63) is 71.7 Å². The summed E-state index contributed by atoms with van der Waals surface area (Å²) in [5.41, 5.74) is 2.93. The van der Waals surface area contributed by atoms with Crippen molar-refractivity contribution < 1.29 is 9.53 Å². The molecule has 3 aliphatic rings. The highest BCUT2D eigenvalue weighted by atomic mass is 16.5. The molecule has 2 heterocycles. The van der Waals surface area contributed by atoms with Crippen LogP contribution in [0.25, 0.3) is 0 Å². The van der Waals surface area contributed by atoms with E-state index in [0.29, 0.717) is 0 Å². The number of ketones is 1. The van der Waals surface area contributed by atoms with Crippen molar-refractivity contribution in [2.45, 2.75) is 45.3 Å². The van der Waals surface area contributed by atoms with Crippen molar-refractivity contribution in [1.29, 1.82) is 0 Å². The highest BCUT2D eigenvalue weighted by Crippen LogP contribution is 2.40. The van der Waals surface area contributed by atoms with Gasteiger partial charge in [-0.15, -0.1) is 0 Å². The van der Waals surface area contributed by atoms with Crippen LogP contribution in [0.5, 0.6) is 0 Å². The zero-order chi connectivity index (χ0) is 17.3. The van der Waals surface area contributed by atoms with Crippen molar-refractivity contribution in [3.63, 3.8) is 0 Å². The van der Waals surface area contributed by atoms with Gasteiger partial charge in [0.15, 0.2) is 5.78 Å². The minimum atomic E-state index is -0.534. The second-order valence-electron chi connectivity index (χ2n) is 6.41. The highest BCUT2D eigenvalue weighted by Gasteiger charge is 2.51. The van der Waals surface area contributed by atoms with Crippen molar-refractivity contribution >= 4 is 5.78 Å². The number of ether oxygens (including phenoxy) is 1. The van der Waals surface area contributed by atoms with Crippen molar-refractivity contribution in [1.82, 2.24) is 5.32 Å². The van der Waals surface area contributed by atoms with Crippen LogP contribution in [0.15, 0.2) is 60.5 Å². The van der Waals surface area contributed by atoms with Crippen LogP contribution in [-0.4, -0.2) is 17.4 Å². The molecule has 2 unspecified atom stereocenters. The van der Waals surface area contributed by atoms with E-state index in [2.05, 4.69) is 24.0 Å². The second-order valence-corrected chi connectivity index (χ2v) is 6.41. The molecule has 0 amide bonds. The molecule has 0 saturated heterocycles. The average Bonchev–Trinajstić information content (AvgIpc) is 3.15. The fourth-order valence-corrected chi connectivity index (χ4v) is 3.86. The molecular weight excluding hydrogens is 298 g/mol. The third-order valence-corrected chi connectivity index (χ3v) is 4.98. The van der Waals surface area contributed by atoms with Gasteiger partial charge >= 0.3 is 0 Å². The van der Waals surface area contributed by atoms with E-state index in [0.717, 1.165) is 24.3 Å². The number of allylic oxidation sites excluding steroid dienone is 2. The van der Waals surface area contributed by atoms with Gasteiger partial charge in [-0.2, -0.15) is 0 Å². The molecule has 1 N–H and O–H groups in total. The molecule has 0 aromatic heterocycles. The first-order valence-corrected chi connectivity index (χ1v) is 8.74. The molecule has 1 aromatic rings. The van der Waals surface area contributed by atoms with Gasteiger partial charge in [0.05, 0.1) is 11.6 Å². The molecular formula is C21H25NO2. The Kier molecular flexibility index (Phi) is 4.35. The lowest BCUT2D eigenvalue weighted by Gasteiger charge is -2.34. The number of carbonyl (C=O) groups excluding carboxylic acids is 1. The van der Waals surface area contributed by atoms with Gasteiger partial charge in [0.2, 0.25) is 0 Å². The third-order valence-electron chi connectivity index (χ3n) is 4.98. The summed E-state index contributed by atoms with van der Waals surface area (Å²) in [6.45, 7) is 9.71. The summed E-state index contributed by atoms with van der Waals surface area (Å²) >= 11 is 0. The molecule has 1 spiro atoms. The fourth-order valence-electron chi connectivity index (χ4n) is 3.86. The van der Waals surface area contributed by atoms with Gasteiger partial charge in [-0.1, -0.05) is 57.7 Å². The van der Waals surface area contributed by atoms with Gasteiger partial charge in [0, 0.05) is 12.8 Å². The molecule has 1 aromatic carbocycles. The number of benzene rings is 1. The molecule has 2 atom stereocenters. The first-order valence-electron chi connectivity index (χ1n) is 8.74. The Labute approximate surface area is 144 Å². The van der Waals surface area contributed by atoms with Crippen LogP contribution < -0.4 is 5.32 Å². The average molecular weight is 323 g/mol. The predicted octanol–water partition coefficient (Wildman–Crippen LogP) is 3.71. The maximum Gasteiger partial charge on any atom is 0.165 e. The third kappa shape index (κ3) is 2.48. The SMILES string of the molecule is C=C/C=C1/OC2C=C1NC1(Cc3ccccc3C1)C(=O)C2C.CC. The van der Waals surface area contributed by atoms with Crippen LogP contribution in [0.4, 0.5) is 0 Å². The Balaban J connectivity index is 0.000000815. The van der Waals surface area contributed by atoms with Crippen LogP contribution in [0.1, 0.15) is 31.9 Å². The Bertz CT molecular complexity index is 704. The van der Waals surface area contributed by atoms with Crippen molar-refractivity contribution in [2.75, 3.05) is 0 Å². The van der Waals surface area contributed by atoms with E-state index in [1.165, 1.54) is 11.1 Å². The summed E-state index contributed by atoms with van der Waals surface area (Å²) in [5.74, 6) is 0.877. The summed E-state index contributed by atoms with van der Waals surface area (Å²) in [7, 11) is 0. The van der Waals surface area contributed by atoms with E-state index >= 15 is 0 Å². The minimum Gasteiger partial charge on any atom is -0.483 e. The number of nitrogens with one attached hydrogen (secondary N) is 1. The van der Waals surface area contributed by atoms with Crippen molar-refractivity contribution in [3.8, 4) is 0 Å². The summed E-state index contributed by atoms with van der Waals surface area (Å²) in [4.78, 5) is 13.1. The monoisotopic (exact) mass is 323 g/mol. The second kappa shape index (κ2) is 6.31. The summed E-state index contributed by atoms with van der Waals surface area (Å²) in [5, 5.41) is 3.52. The van der Waals surface area contributed by atoms with E-state index in [-0.39, 0.29) is 17.8 Å². The van der Waals surface area contributed by atoms with Gasteiger partial charge in [0.25, 0.3) is 0 Å². The lowest BCUT2D eigenvalue weighted by molar-refractivity contribution is -0.131. The van der Waals surface area contributed by atoms with Gasteiger partial charge in [-0.3, -0.25) is 4.79 Å². The molecule has 4 rings (SSSR count). The Morgan fingerprint density at radius 3 is 2.46 bits per heavy atom. The maximum absolute atomic E-state index is 13.1. The van der Waals surface area contributed by atoms with Gasteiger partial charge in [-0.05, 0) is 23.3 Å². The Hall–Kier alpha value is -2.29. The number of fused-ring (bicyclic) bond motifs is 2. The van der Waals surface area contributed by atoms with E-state index in [1.54, 1.807) is 6.08 Å².